The Labute approximate surface area is 119 Å². The molecule has 1 aromatic rings. The van der Waals surface area contributed by atoms with Crippen molar-refractivity contribution in [2.24, 2.45) is 5.92 Å². The quantitative estimate of drug-likeness (QED) is 0.926. The molecule has 2 unspecified atom stereocenters. The lowest BCUT2D eigenvalue weighted by molar-refractivity contribution is 0.0696. The molecular weight excluding hydrogens is 276 g/mol. The number of carboxylic acid groups (broad SMARTS) is 1. The van der Waals surface area contributed by atoms with E-state index in [4.69, 9.17) is 5.11 Å². The third kappa shape index (κ3) is 2.87. The average Bonchev–Trinajstić information content (AvgIpc) is 2.47. The molecule has 0 heterocycles. The molecule has 0 radical (unpaired) electrons. The van der Waals surface area contributed by atoms with Crippen LogP contribution in [0, 0.1) is 5.92 Å². The van der Waals surface area contributed by atoms with Gasteiger partial charge in [-0.1, -0.05) is 26.2 Å². The van der Waals surface area contributed by atoms with Gasteiger partial charge in [0.25, 0.3) is 0 Å². The van der Waals surface area contributed by atoms with E-state index in [1.165, 1.54) is 24.3 Å². The van der Waals surface area contributed by atoms with Crippen LogP contribution < -0.4 is 0 Å². The minimum atomic E-state index is -3.36. The maximum Gasteiger partial charge on any atom is 0.335 e. The van der Waals surface area contributed by atoms with Gasteiger partial charge in [0.15, 0.2) is 9.84 Å². The maximum atomic E-state index is 12.7. The van der Waals surface area contributed by atoms with Gasteiger partial charge in [0.05, 0.1) is 15.7 Å². The van der Waals surface area contributed by atoms with Gasteiger partial charge in [0, 0.05) is 0 Å². The summed E-state index contributed by atoms with van der Waals surface area (Å²) in [6.07, 6.45) is 4.60. The van der Waals surface area contributed by atoms with Crippen LogP contribution in [0.4, 0.5) is 0 Å². The second-order valence-electron chi connectivity index (χ2n) is 5.37. The molecule has 2 rings (SSSR count). The second-order valence-corrected chi connectivity index (χ2v) is 7.53. The van der Waals surface area contributed by atoms with Crippen LogP contribution in [0.3, 0.4) is 0 Å². The lowest BCUT2D eigenvalue weighted by Gasteiger charge is -2.30. The molecule has 1 saturated carbocycles. The van der Waals surface area contributed by atoms with E-state index in [1.807, 2.05) is 6.92 Å². The molecule has 0 spiro atoms. The Morgan fingerprint density at radius 1 is 1.20 bits per heavy atom. The molecule has 0 saturated heterocycles. The SMILES string of the molecule is CCC1CCCCC1S(=O)(=O)c1ccc(C(=O)O)cc1. The first-order valence-electron chi connectivity index (χ1n) is 7.04. The molecule has 4 nitrogen and oxygen atoms in total. The third-order valence-corrected chi connectivity index (χ3v) is 6.54. The van der Waals surface area contributed by atoms with Crippen LogP contribution >= 0.6 is 0 Å². The van der Waals surface area contributed by atoms with Crippen molar-refractivity contribution in [1.82, 2.24) is 0 Å². The molecule has 110 valence electrons. The molecule has 0 aliphatic heterocycles. The van der Waals surface area contributed by atoms with Crippen LogP contribution in [0.25, 0.3) is 0 Å². The van der Waals surface area contributed by atoms with E-state index in [0.717, 1.165) is 25.7 Å². The van der Waals surface area contributed by atoms with Crippen LogP contribution in [0.15, 0.2) is 29.2 Å². The van der Waals surface area contributed by atoms with Crippen molar-refractivity contribution in [3.05, 3.63) is 29.8 Å². The zero-order valence-electron chi connectivity index (χ0n) is 11.6. The van der Waals surface area contributed by atoms with E-state index in [1.54, 1.807) is 0 Å². The number of sulfone groups is 1. The van der Waals surface area contributed by atoms with Crippen LogP contribution in [0.1, 0.15) is 49.4 Å². The van der Waals surface area contributed by atoms with E-state index >= 15 is 0 Å². The summed E-state index contributed by atoms with van der Waals surface area (Å²) in [6.45, 7) is 2.03. The Hall–Kier alpha value is -1.36. The van der Waals surface area contributed by atoms with E-state index in [9.17, 15) is 13.2 Å². The molecule has 5 heteroatoms. The first kappa shape index (κ1) is 15.0. The number of aromatic carboxylic acids is 1. The first-order chi connectivity index (χ1) is 9.46. The van der Waals surface area contributed by atoms with Gasteiger partial charge in [-0.25, -0.2) is 13.2 Å². The normalized spacial score (nSPS) is 23.4. The standard InChI is InChI=1S/C15H20O4S/c1-2-11-5-3-4-6-14(11)20(18,19)13-9-7-12(8-10-13)15(16)17/h7-11,14H,2-6H2,1H3,(H,16,17). The van der Waals surface area contributed by atoms with E-state index in [2.05, 4.69) is 0 Å². The number of rotatable bonds is 4. The highest BCUT2D eigenvalue weighted by atomic mass is 32.2. The summed E-state index contributed by atoms with van der Waals surface area (Å²) in [5.41, 5.74) is 0.111. The fraction of sp³-hybridized carbons (Fsp3) is 0.533. The molecule has 1 aromatic carbocycles. The average molecular weight is 296 g/mol. The van der Waals surface area contributed by atoms with Gasteiger partial charge in [-0.05, 0) is 43.0 Å². The van der Waals surface area contributed by atoms with Gasteiger partial charge < -0.3 is 5.11 Å². The Kier molecular flexibility index (Phi) is 4.48. The molecule has 0 aromatic heterocycles. The first-order valence-corrected chi connectivity index (χ1v) is 8.58. The highest BCUT2D eigenvalue weighted by Crippen LogP contribution is 2.34. The Morgan fingerprint density at radius 3 is 2.35 bits per heavy atom. The fourth-order valence-corrected chi connectivity index (χ4v) is 5.19. The Bertz CT molecular complexity index is 574. The highest BCUT2D eigenvalue weighted by molar-refractivity contribution is 7.92. The predicted molar refractivity (Wildman–Crippen MR) is 76.6 cm³/mol. The summed E-state index contributed by atoms with van der Waals surface area (Å²) in [5.74, 6) is -0.828. The zero-order chi connectivity index (χ0) is 14.8. The number of benzene rings is 1. The lowest BCUT2D eigenvalue weighted by atomic mass is 9.87. The topological polar surface area (TPSA) is 71.4 Å². The van der Waals surface area contributed by atoms with E-state index < -0.39 is 15.8 Å². The molecule has 1 aliphatic carbocycles. The van der Waals surface area contributed by atoms with E-state index in [0.29, 0.717) is 6.42 Å². The number of hydrogen-bond donors (Lipinski definition) is 1. The van der Waals surface area contributed by atoms with Gasteiger partial charge in [-0.15, -0.1) is 0 Å². The minimum Gasteiger partial charge on any atom is -0.478 e. The monoisotopic (exact) mass is 296 g/mol. The van der Waals surface area contributed by atoms with Crippen molar-refractivity contribution in [3.8, 4) is 0 Å². The predicted octanol–water partition coefficient (Wildman–Crippen LogP) is 3.13. The van der Waals surface area contributed by atoms with E-state index in [-0.39, 0.29) is 21.6 Å². The van der Waals surface area contributed by atoms with Gasteiger partial charge in [-0.2, -0.15) is 0 Å². The van der Waals surface area contributed by atoms with Crippen LogP contribution in [0.2, 0.25) is 0 Å². The summed E-state index contributed by atoms with van der Waals surface area (Å²) in [4.78, 5) is 11.1. The number of hydrogen-bond acceptors (Lipinski definition) is 3. The Morgan fingerprint density at radius 2 is 1.80 bits per heavy atom. The largest absolute Gasteiger partial charge is 0.478 e. The fourth-order valence-electron chi connectivity index (χ4n) is 3.01. The minimum absolute atomic E-state index is 0.111. The molecule has 1 aliphatic rings. The van der Waals surface area contributed by atoms with Crippen molar-refractivity contribution in [1.29, 1.82) is 0 Å². The molecule has 2 atom stereocenters. The van der Waals surface area contributed by atoms with Crippen molar-refractivity contribution >= 4 is 15.8 Å². The molecule has 20 heavy (non-hydrogen) atoms. The smallest absolute Gasteiger partial charge is 0.335 e. The summed E-state index contributed by atoms with van der Waals surface area (Å²) in [7, 11) is -3.36. The molecule has 0 amide bonds. The summed E-state index contributed by atoms with van der Waals surface area (Å²) >= 11 is 0. The van der Waals surface area contributed by atoms with Crippen molar-refractivity contribution in [2.75, 3.05) is 0 Å². The molecule has 1 fully saturated rings. The van der Waals surface area contributed by atoms with Crippen LogP contribution in [-0.4, -0.2) is 24.7 Å². The summed E-state index contributed by atoms with van der Waals surface area (Å²) < 4.78 is 25.4. The Balaban J connectivity index is 2.31. The highest BCUT2D eigenvalue weighted by Gasteiger charge is 2.35. The number of carbonyl (C=O) groups is 1. The van der Waals surface area contributed by atoms with Gasteiger partial charge >= 0.3 is 5.97 Å². The van der Waals surface area contributed by atoms with Crippen molar-refractivity contribution in [3.63, 3.8) is 0 Å². The zero-order valence-corrected chi connectivity index (χ0v) is 12.4. The lowest BCUT2D eigenvalue weighted by Crippen LogP contribution is -2.32. The van der Waals surface area contributed by atoms with Gasteiger partial charge in [0.2, 0.25) is 0 Å². The molecule has 0 bridgehead atoms. The van der Waals surface area contributed by atoms with Crippen LogP contribution in [-0.2, 0) is 9.84 Å². The van der Waals surface area contributed by atoms with Gasteiger partial charge in [-0.3, -0.25) is 0 Å². The third-order valence-electron chi connectivity index (χ3n) is 4.19. The molecule has 1 N–H and O–H groups in total. The maximum absolute atomic E-state index is 12.7. The van der Waals surface area contributed by atoms with Gasteiger partial charge in [0.1, 0.15) is 0 Å². The number of carboxylic acids is 1. The van der Waals surface area contributed by atoms with Crippen molar-refractivity contribution < 1.29 is 18.3 Å². The van der Waals surface area contributed by atoms with Crippen molar-refractivity contribution in [2.45, 2.75) is 49.2 Å². The van der Waals surface area contributed by atoms with Crippen LogP contribution in [0.5, 0.6) is 0 Å². The molecular formula is C15H20O4S. The second kappa shape index (κ2) is 5.95. The summed E-state index contributed by atoms with van der Waals surface area (Å²) in [5, 5.41) is 8.54. The summed E-state index contributed by atoms with van der Waals surface area (Å²) in [6, 6.07) is 5.55.